The van der Waals surface area contributed by atoms with E-state index in [9.17, 15) is 4.79 Å². The third kappa shape index (κ3) is 7.40. The van der Waals surface area contributed by atoms with Crippen LogP contribution in [-0.4, -0.2) is 61.1 Å². The number of carbonyl (C=O) groups is 1. The zero-order valence-corrected chi connectivity index (χ0v) is 15.4. The predicted molar refractivity (Wildman–Crippen MR) is 94.8 cm³/mol. The Morgan fingerprint density at radius 1 is 1.43 bits per heavy atom. The monoisotopic (exact) mass is 341 g/mol. The van der Waals surface area contributed by atoms with Crippen LogP contribution in [0.5, 0.6) is 0 Å². The van der Waals surface area contributed by atoms with Gasteiger partial charge in [-0.05, 0) is 12.2 Å². The molecule has 8 heteroatoms. The molecule has 0 saturated heterocycles. The molecule has 0 saturated carbocycles. The summed E-state index contributed by atoms with van der Waals surface area (Å²) in [5.41, 5.74) is 0.929. The van der Waals surface area contributed by atoms with E-state index in [1.165, 1.54) is 4.90 Å². The molecule has 0 radical (unpaired) electrons. The van der Waals surface area contributed by atoms with Crippen LogP contribution >= 0.6 is 11.8 Å². The van der Waals surface area contributed by atoms with E-state index in [1.54, 1.807) is 25.9 Å². The van der Waals surface area contributed by atoms with Gasteiger partial charge in [0.2, 0.25) is 5.91 Å². The first kappa shape index (κ1) is 19.3. The van der Waals surface area contributed by atoms with E-state index in [4.69, 9.17) is 4.52 Å². The molecule has 130 valence electrons. The van der Waals surface area contributed by atoms with Gasteiger partial charge in [-0.2, -0.15) is 11.8 Å². The largest absolute Gasteiger partial charge is 0.359 e. The highest BCUT2D eigenvalue weighted by atomic mass is 32.2. The van der Waals surface area contributed by atoms with E-state index in [0.717, 1.165) is 23.8 Å². The summed E-state index contributed by atoms with van der Waals surface area (Å²) in [7, 11) is 3.43. The number of amides is 1. The lowest BCUT2D eigenvalue weighted by Gasteiger charge is -2.12. The van der Waals surface area contributed by atoms with Crippen LogP contribution in [0.15, 0.2) is 15.6 Å². The van der Waals surface area contributed by atoms with Crippen molar-refractivity contribution in [3.8, 4) is 0 Å². The Kier molecular flexibility index (Phi) is 8.53. The maximum Gasteiger partial charge on any atom is 0.243 e. The number of aliphatic imine (C=N–C) groups is 1. The number of carbonyl (C=O) groups excluding carboxylic acids is 1. The van der Waals surface area contributed by atoms with E-state index in [0.29, 0.717) is 18.4 Å². The molecule has 1 rings (SSSR count). The molecule has 1 heterocycles. The average Bonchev–Trinajstić information content (AvgIpc) is 2.98. The smallest absolute Gasteiger partial charge is 0.243 e. The van der Waals surface area contributed by atoms with Gasteiger partial charge in [0, 0.05) is 32.5 Å². The third-order valence-corrected chi connectivity index (χ3v) is 3.68. The van der Waals surface area contributed by atoms with Crippen molar-refractivity contribution >= 4 is 23.6 Å². The molecule has 0 aliphatic carbocycles. The van der Waals surface area contributed by atoms with Gasteiger partial charge in [0.1, 0.15) is 6.54 Å². The Morgan fingerprint density at radius 3 is 2.74 bits per heavy atom. The Labute approximate surface area is 142 Å². The van der Waals surface area contributed by atoms with Crippen molar-refractivity contribution in [2.24, 2.45) is 4.99 Å². The normalized spacial score (nSPS) is 11.7. The minimum absolute atomic E-state index is 0.0438. The molecule has 0 atom stereocenters. The number of guanidine groups is 1. The molecule has 1 aromatic rings. The van der Waals surface area contributed by atoms with Gasteiger partial charge in [-0.3, -0.25) is 4.79 Å². The van der Waals surface area contributed by atoms with Crippen LogP contribution in [0.2, 0.25) is 0 Å². The highest BCUT2D eigenvalue weighted by Crippen LogP contribution is 2.13. The summed E-state index contributed by atoms with van der Waals surface area (Å²) in [6.07, 6.45) is 2.05. The molecule has 23 heavy (non-hydrogen) atoms. The van der Waals surface area contributed by atoms with Crippen LogP contribution in [0.1, 0.15) is 31.2 Å². The van der Waals surface area contributed by atoms with E-state index in [1.807, 2.05) is 12.3 Å². The summed E-state index contributed by atoms with van der Waals surface area (Å²) in [6.45, 7) is 5.49. The standard InChI is InChI=1S/C15H27N5O2S/c1-11(2)13-8-12(22-19-13)9-17-15(16-6-7-23-5)18-10-14(21)20(3)4/h8,11H,6-7,9-10H2,1-5H3,(H2,16,17,18). The van der Waals surface area contributed by atoms with Crippen LogP contribution in [-0.2, 0) is 11.3 Å². The van der Waals surface area contributed by atoms with Crippen molar-refractivity contribution in [3.63, 3.8) is 0 Å². The minimum atomic E-state index is -0.0438. The lowest BCUT2D eigenvalue weighted by Crippen LogP contribution is -2.39. The third-order valence-electron chi connectivity index (χ3n) is 3.07. The van der Waals surface area contributed by atoms with Crippen molar-refractivity contribution in [1.82, 2.24) is 20.7 Å². The zero-order valence-electron chi connectivity index (χ0n) is 14.5. The van der Waals surface area contributed by atoms with Crippen LogP contribution < -0.4 is 10.6 Å². The average molecular weight is 341 g/mol. The molecule has 0 aliphatic rings. The summed E-state index contributed by atoms with van der Waals surface area (Å²) < 4.78 is 5.29. The Hall–Kier alpha value is -1.70. The van der Waals surface area contributed by atoms with E-state index >= 15 is 0 Å². The summed E-state index contributed by atoms with van der Waals surface area (Å²) >= 11 is 1.74. The van der Waals surface area contributed by atoms with Gasteiger partial charge in [0.05, 0.1) is 12.2 Å². The Balaban J connectivity index is 2.59. The maximum absolute atomic E-state index is 11.7. The topological polar surface area (TPSA) is 82.8 Å². The second-order valence-corrected chi connectivity index (χ2v) is 6.58. The quantitative estimate of drug-likeness (QED) is 0.421. The fourth-order valence-electron chi connectivity index (χ4n) is 1.59. The van der Waals surface area contributed by atoms with Gasteiger partial charge in [-0.15, -0.1) is 0 Å². The maximum atomic E-state index is 11.7. The molecule has 0 unspecified atom stereocenters. The molecule has 0 spiro atoms. The van der Waals surface area contributed by atoms with Crippen LogP contribution in [0.4, 0.5) is 0 Å². The Morgan fingerprint density at radius 2 is 2.17 bits per heavy atom. The summed E-state index contributed by atoms with van der Waals surface area (Å²) in [4.78, 5) is 17.5. The number of thioether (sulfide) groups is 1. The second-order valence-electron chi connectivity index (χ2n) is 5.60. The van der Waals surface area contributed by atoms with Gasteiger partial charge < -0.3 is 20.1 Å². The molecule has 1 amide bonds. The van der Waals surface area contributed by atoms with Gasteiger partial charge in [0.15, 0.2) is 11.7 Å². The van der Waals surface area contributed by atoms with E-state index in [2.05, 4.69) is 34.6 Å². The number of hydrogen-bond acceptors (Lipinski definition) is 5. The fraction of sp³-hybridized carbons (Fsp3) is 0.667. The number of likely N-dealkylation sites (N-methyl/N-ethyl adjacent to an activating group) is 1. The molecule has 7 nitrogen and oxygen atoms in total. The molecular formula is C15H27N5O2S. The first-order valence-electron chi connectivity index (χ1n) is 7.60. The van der Waals surface area contributed by atoms with Gasteiger partial charge in [-0.25, -0.2) is 4.99 Å². The van der Waals surface area contributed by atoms with Gasteiger partial charge >= 0.3 is 0 Å². The van der Waals surface area contributed by atoms with Crippen molar-refractivity contribution in [2.45, 2.75) is 26.3 Å². The second kappa shape index (κ2) is 10.1. The molecule has 0 fully saturated rings. The van der Waals surface area contributed by atoms with Crippen molar-refractivity contribution in [3.05, 3.63) is 17.5 Å². The number of rotatable bonds is 8. The highest BCUT2D eigenvalue weighted by Gasteiger charge is 2.09. The fourth-order valence-corrected chi connectivity index (χ4v) is 1.90. The number of nitrogens with one attached hydrogen (secondary N) is 2. The SMILES string of the molecule is CSCCNC(=NCC(=O)N(C)C)NCc1cc(C(C)C)no1. The summed E-state index contributed by atoms with van der Waals surface area (Å²) in [5, 5.41) is 10.4. The van der Waals surface area contributed by atoms with Crippen LogP contribution in [0.3, 0.4) is 0 Å². The molecule has 0 bridgehead atoms. The van der Waals surface area contributed by atoms with Gasteiger partial charge in [0.25, 0.3) is 0 Å². The Bertz CT molecular complexity index is 514. The minimum Gasteiger partial charge on any atom is -0.359 e. The molecule has 0 aromatic carbocycles. The lowest BCUT2D eigenvalue weighted by atomic mass is 10.1. The lowest BCUT2D eigenvalue weighted by molar-refractivity contribution is -0.127. The summed E-state index contributed by atoms with van der Waals surface area (Å²) in [5.74, 6) is 2.59. The van der Waals surface area contributed by atoms with Crippen LogP contribution in [0.25, 0.3) is 0 Å². The number of nitrogens with zero attached hydrogens (tertiary/aromatic N) is 3. The molecular weight excluding hydrogens is 314 g/mol. The predicted octanol–water partition coefficient (Wildman–Crippen LogP) is 1.28. The zero-order chi connectivity index (χ0) is 17.2. The van der Waals surface area contributed by atoms with Crippen molar-refractivity contribution < 1.29 is 9.32 Å². The first-order valence-corrected chi connectivity index (χ1v) is 9.00. The van der Waals surface area contributed by atoms with E-state index in [-0.39, 0.29) is 12.5 Å². The molecule has 1 aromatic heterocycles. The van der Waals surface area contributed by atoms with Gasteiger partial charge in [-0.1, -0.05) is 19.0 Å². The van der Waals surface area contributed by atoms with Crippen LogP contribution in [0, 0.1) is 0 Å². The first-order chi connectivity index (χ1) is 10.9. The highest BCUT2D eigenvalue weighted by molar-refractivity contribution is 7.98. The molecule has 2 N–H and O–H groups in total. The van der Waals surface area contributed by atoms with Crippen molar-refractivity contribution in [2.75, 3.05) is 39.2 Å². The number of hydrogen-bond donors (Lipinski definition) is 2. The summed E-state index contributed by atoms with van der Waals surface area (Å²) in [6, 6.07) is 1.93. The number of aromatic nitrogens is 1. The molecule has 0 aliphatic heterocycles. The van der Waals surface area contributed by atoms with E-state index < -0.39 is 0 Å². The van der Waals surface area contributed by atoms with Crippen molar-refractivity contribution in [1.29, 1.82) is 0 Å².